The lowest BCUT2D eigenvalue weighted by molar-refractivity contribution is -0.161. The third-order valence-corrected chi connectivity index (χ3v) is 3.91. The Morgan fingerprint density at radius 3 is 2.72 bits per heavy atom. The molecule has 2 aliphatic heterocycles. The van der Waals surface area contributed by atoms with E-state index in [9.17, 15) is 19.5 Å². The summed E-state index contributed by atoms with van der Waals surface area (Å²) in [5.41, 5.74) is -1.14. The highest BCUT2D eigenvalue weighted by Crippen LogP contribution is 2.29. The van der Waals surface area contributed by atoms with E-state index in [1.165, 1.54) is 4.90 Å². The Labute approximate surface area is 105 Å². The van der Waals surface area contributed by atoms with Gasteiger partial charge in [0.1, 0.15) is 11.6 Å². The van der Waals surface area contributed by atoms with Crippen molar-refractivity contribution in [3.63, 3.8) is 0 Å². The van der Waals surface area contributed by atoms with Crippen molar-refractivity contribution in [2.75, 3.05) is 6.54 Å². The lowest BCUT2D eigenvalue weighted by atomic mass is 9.87. The number of carboxylic acid groups (broad SMARTS) is 1. The number of hydrogen-bond acceptors (Lipinski definition) is 3. The van der Waals surface area contributed by atoms with Gasteiger partial charge >= 0.3 is 5.97 Å². The van der Waals surface area contributed by atoms with E-state index in [1.54, 1.807) is 6.92 Å². The fourth-order valence-corrected chi connectivity index (χ4v) is 2.68. The lowest BCUT2D eigenvalue weighted by Gasteiger charge is -2.42. The van der Waals surface area contributed by atoms with Gasteiger partial charge in [0.15, 0.2) is 0 Å². The molecule has 0 spiro atoms. The number of nitrogens with one attached hydrogen (secondary N) is 1. The van der Waals surface area contributed by atoms with Crippen LogP contribution in [0, 0.1) is 0 Å². The summed E-state index contributed by atoms with van der Waals surface area (Å²) in [6.45, 7) is 2.04. The van der Waals surface area contributed by atoms with Crippen LogP contribution in [0.15, 0.2) is 0 Å². The number of piperidine rings is 1. The first-order valence-electron chi connectivity index (χ1n) is 6.29. The molecule has 0 aromatic carbocycles. The molecule has 0 aromatic heterocycles. The number of carboxylic acids is 1. The average molecular weight is 254 g/mol. The fraction of sp³-hybridized carbons (Fsp3) is 0.750. The third-order valence-electron chi connectivity index (χ3n) is 3.91. The molecule has 2 atom stereocenters. The number of likely N-dealkylation sites (tertiary alicyclic amines) is 1. The second-order valence-corrected chi connectivity index (χ2v) is 5.18. The van der Waals surface area contributed by atoms with E-state index >= 15 is 0 Å². The van der Waals surface area contributed by atoms with Crippen LogP contribution in [-0.2, 0) is 14.4 Å². The van der Waals surface area contributed by atoms with E-state index in [4.69, 9.17) is 0 Å². The number of carbonyl (C=O) groups is 3. The predicted octanol–water partition coefficient (Wildman–Crippen LogP) is 0.121. The molecule has 2 saturated heterocycles. The molecule has 1 unspecified atom stereocenters. The van der Waals surface area contributed by atoms with Crippen molar-refractivity contribution in [1.29, 1.82) is 0 Å². The maximum atomic E-state index is 12.3. The largest absolute Gasteiger partial charge is 0.480 e. The minimum absolute atomic E-state index is 0.137. The molecule has 2 heterocycles. The van der Waals surface area contributed by atoms with Crippen LogP contribution in [0.1, 0.15) is 39.0 Å². The van der Waals surface area contributed by atoms with Gasteiger partial charge in [0.2, 0.25) is 11.8 Å². The molecule has 18 heavy (non-hydrogen) atoms. The van der Waals surface area contributed by atoms with Crippen LogP contribution in [0.4, 0.5) is 0 Å². The van der Waals surface area contributed by atoms with Crippen LogP contribution in [0.2, 0.25) is 0 Å². The van der Waals surface area contributed by atoms with Crippen LogP contribution >= 0.6 is 0 Å². The first kappa shape index (κ1) is 12.9. The second-order valence-electron chi connectivity index (χ2n) is 5.18. The van der Waals surface area contributed by atoms with Gasteiger partial charge in [0.25, 0.3) is 0 Å². The number of carbonyl (C=O) groups excluding carboxylic acids is 2. The summed E-state index contributed by atoms with van der Waals surface area (Å²) < 4.78 is 0. The van der Waals surface area contributed by atoms with Crippen molar-refractivity contribution in [2.45, 2.75) is 50.6 Å². The molecular weight excluding hydrogens is 236 g/mol. The maximum absolute atomic E-state index is 12.3. The molecule has 2 aliphatic rings. The number of rotatable bonds is 2. The Kier molecular flexibility index (Phi) is 3.28. The molecule has 2 rings (SSSR count). The first-order chi connectivity index (χ1) is 8.45. The number of aliphatic carboxylic acids is 1. The molecule has 6 heteroatoms. The zero-order valence-corrected chi connectivity index (χ0v) is 10.4. The summed E-state index contributed by atoms with van der Waals surface area (Å²) in [7, 11) is 0. The van der Waals surface area contributed by atoms with Gasteiger partial charge in [-0.2, -0.15) is 0 Å². The Morgan fingerprint density at radius 1 is 1.44 bits per heavy atom. The van der Waals surface area contributed by atoms with Crippen molar-refractivity contribution in [1.82, 2.24) is 10.2 Å². The standard InChI is InChI=1S/C12H18N2O4/c1-12(11(17)18)6-2-3-7-14(12)10(16)8-4-5-9(15)13-8/h8H,2-7H2,1H3,(H,13,15)(H,17,18)/t8-,12?/m1/s1. The van der Waals surface area contributed by atoms with Crippen molar-refractivity contribution in [2.24, 2.45) is 0 Å². The van der Waals surface area contributed by atoms with Gasteiger partial charge in [-0.15, -0.1) is 0 Å². The predicted molar refractivity (Wildman–Crippen MR) is 62.8 cm³/mol. The molecule has 2 N–H and O–H groups in total. The maximum Gasteiger partial charge on any atom is 0.329 e. The second kappa shape index (κ2) is 4.59. The highest BCUT2D eigenvalue weighted by molar-refractivity contribution is 5.94. The Morgan fingerprint density at radius 2 is 2.17 bits per heavy atom. The van der Waals surface area contributed by atoms with E-state index in [2.05, 4.69) is 5.32 Å². The normalized spacial score (nSPS) is 32.2. The molecular formula is C12H18N2O4. The van der Waals surface area contributed by atoms with Gasteiger partial charge in [-0.25, -0.2) is 4.79 Å². The van der Waals surface area contributed by atoms with Crippen molar-refractivity contribution < 1.29 is 19.5 Å². The monoisotopic (exact) mass is 254 g/mol. The Bertz CT molecular complexity index is 396. The van der Waals surface area contributed by atoms with Gasteiger partial charge in [0, 0.05) is 13.0 Å². The number of amides is 2. The third kappa shape index (κ3) is 2.07. The SMILES string of the molecule is CC1(C(=O)O)CCCCN1C(=O)[C@H]1CCC(=O)N1. The van der Waals surface area contributed by atoms with Gasteiger partial charge in [-0.05, 0) is 32.6 Å². The summed E-state index contributed by atoms with van der Waals surface area (Å²) >= 11 is 0. The summed E-state index contributed by atoms with van der Waals surface area (Å²) in [4.78, 5) is 36.3. The zero-order chi connectivity index (χ0) is 13.3. The average Bonchev–Trinajstić information content (AvgIpc) is 2.75. The minimum Gasteiger partial charge on any atom is -0.480 e. The molecule has 2 amide bonds. The lowest BCUT2D eigenvalue weighted by Crippen LogP contribution is -2.60. The summed E-state index contributed by atoms with van der Waals surface area (Å²) in [6, 6.07) is -0.547. The molecule has 2 fully saturated rings. The van der Waals surface area contributed by atoms with Gasteiger partial charge in [-0.1, -0.05) is 0 Å². The molecule has 0 aliphatic carbocycles. The molecule has 100 valence electrons. The van der Waals surface area contributed by atoms with Crippen molar-refractivity contribution >= 4 is 17.8 Å². The first-order valence-corrected chi connectivity index (χ1v) is 6.29. The zero-order valence-electron chi connectivity index (χ0n) is 10.4. The van der Waals surface area contributed by atoms with E-state index in [0.717, 1.165) is 12.8 Å². The molecule has 0 radical (unpaired) electrons. The molecule has 0 bridgehead atoms. The minimum atomic E-state index is -1.14. The summed E-state index contributed by atoms with van der Waals surface area (Å²) in [5, 5.41) is 11.9. The molecule has 0 saturated carbocycles. The van der Waals surface area contributed by atoms with E-state index in [-0.39, 0.29) is 11.8 Å². The molecule has 6 nitrogen and oxygen atoms in total. The number of hydrogen-bond donors (Lipinski definition) is 2. The van der Waals surface area contributed by atoms with E-state index in [0.29, 0.717) is 25.8 Å². The van der Waals surface area contributed by atoms with Crippen LogP contribution in [0.5, 0.6) is 0 Å². The molecule has 0 aromatic rings. The number of nitrogens with zero attached hydrogens (tertiary/aromatic N) is 1. The Hall–Kier alpha value is -1.59. The Balaban J connectivity index is 2.16. The topological polar surface area (TPSA) is 86.7 Å². The van der Waals surface area contributed by atoms with Crippen LogP contribution in [0.25, 0.3) is 0 Å². The van der Waals surface area contributed by atoms with Crippen LogP contribution in [0.3, 0.4) is 0 Å². The highest BCUT2D eigenvalue weighted by atomic mass is 16.4. The fourth-order valence-electron chi connectivity index (χ4n) is 2.68. The summed E-state index contributed by atoms with van der Waals surface area (Å²) in [6.07, 6.45) is 2.89. The smallest absolute Gasteiger partial charge is 0.329 e. The van der Waals surface area contributed by atoms with Gasteiger partial charge in [0.05, 0.1) is 0 Å². The van der Waals surface area contributed by atoms with E-state index < -0.39 is 17.6 Å². The quantitative estimate of drug-likeness (QED) is 0.733. The van der Waals surface area contributed by atoms with Crippen LogP contribution in [-0.4, -0.2) is 45.9 Å². The summed E-state index contributed by atoms with van der Waals surface area (Å²) in [5.74, 6) is -1.37. The van der Waals surface area contributed by atoms with E-state index in [1.807, 2.05) is 0 Å². The highest BCUT2D eigenvalue weighted by Gasteiger charge is 2.46. The van der Waals surface area contributed by atoms with Gasteiger partial charge < -0.3 is 15.3 Å². The van der Waals surface area contributed by atoms with Crippen molar-refractivity contribution in [3.8, 4) is 0 Å². The van der Waals surface area contributed by atoms with Gasteiger partial charge in [-0.3, -0.25) is 9.59 Å². The van der Waals surface area contributed by atoms with Crippen molar-refractivity contribution in [3.05, 3.63) is 0 Å². The van der Waals surface area contributed by atoms with Crippen LogP contribution < -0.4 is 5.32 Å².